The van der Waals surface area contributed by atoms with Gasteiger partial charge in [-0.05, 0) is 56.6 Å². The van der Waals surface area contributed by atoms with Crippen LogP contribution in [-0.2, 0) is 0 Å². The van der Waals surface area contributed by atoms with Crippen LogP contribution >= 0.6 is 0 Å². The first-order chi connectivity index (χ1) is 22.3. The molecular weight excluding hydrogens is 540 g/mol. The van der Waals surface area contributed by atoms with Gasteiger partial charge in [0, 0.05) is 5.92 Å². The highest BCUT2D eigenvalue weighted by Gasteiger charge is 2.09. The summed E-state index contributed by atoms with van der Waals surface area (Å²) >= 11 is 0. The van der Waals surface area contributed by atoms with Gasteiger partial charge in [0.25, 0.3) is 0 Å². The molecule has 0 aliphatic heterocycles. The minimum atomic E-state index is 0.513. The summed E-state index contributed by atoms with van der Waals surface area (Å²) in [5, 5.41) is 0. The zero-order chi connectivity index (χ0) is 32.7. The molecule has 263 valence electrons. The highest BCUT2D eigenvalue weighted by Crippen LogP contribution is 2.24. The molecule has 0 spiro atoms. The van der Waals surface area contributed by atoms with Crippen molar-refractivity contribution in [1.29, 1.82) is 0 Å². The van der Waals surface area contributed by atoms with Gasteiger partial charge in [-0.25, -0.2) is 0 Å². The summed E-state index contributed by atoms with van der Waals surface area (Å²) in [6, 6.07) is 0. The zero-order valence-corrected chi connectivity index (χ0v) is 31.7. The Labute approximate surface area is 286 Å². The Bertz CT molecular complexity index is 662. The third-order valence-electron chi connectivity index (χ3n) is 9.47. The van der Waals surface area contributed by atoms with Gasteiger partial charge < -0.3 is 0 Å². The van der Waals surface area contributed by atoms with Gasteiger partial charge in [0.15, 0.2) is 0 Å². The zero-order valence-electron chi connectivity index (χ0n) is 31.7. The lowest BCUT2D eigenvalue weighted by molar-refractivity contribution is 0.533. The largest absolute Gasteiger partial charge is 0.0879 e. The molecule has 0 heteroatoms. The molecule has 0 heterocycles. The molecule has 0 aromatic carbocycles. The normalized spacial score (nSPS) is 13.3. The quantitative estimate of drug-likeness (QED) is 0.0370. The van der Waals surface area contributed by atoms with Gasteiger partial charge in [-0.2, -0.15) is 0 Å². The fourth-order valence-corrected chi connectivity index (χ4v) is 6.32. The van der Waals surface area contributed by atoms with Crippen molar-refractivity contribution in [2.75, 3.05) is 0 Å². The molecule has 0 N–H and O–H groups in total. The van der Waals surface area contributed by atoms with Crippen molar-refractivity contribution in [3.05, 3.63) is 48.1 Å². The predicted octanol–water partition coefficient (Wildman–Crippen LogP) is 16.6. The molecule has 45 heavy (non-hydrogen) atoms. The maximum absolute atomic E-state index is 3.81. The molecule has 0 aromatic rings. The molecule has 1 radical (unpaired) electrons. The van der Waals surface area contributed by atoms with Crippen LogP contribution in [0.5, 0.6) is 0 Å². The van der Waals surface area contributed by atoms with E-state index in [0.717, 1.165) is 0 Å². The van der Waals surface area contributed by atoms with Crippen LogP contribution in [0.4, 0.5) is 0 Å². The van der Waals surface area contributed by atoms with Crippen molar-refractivity contribution in [3.8, 4) is 0 Å². The van der Waals surface area contributed by atoms with E-state index >= 15 is 0 Å². The Morgan fingerprint density at radius 2 is 0.756 bits per heavy atom. The number of allylic oxidation sites excluding steroid dienone is 8. The second-order valence-electron chi connectivity index (χ2n) is 14.1. The molecule has 0 aliphatic carbocycles. The lowest BCUT2D eigenvalue weighted by atomic mass is 9.90. The fourth-order valence-electron chi connectivity index (χ4n) is 6.32. The highest BCUT2D eigenvalue weighted by molar-refractivity contribution is 5.26. The Morgan fingerprint density at radius 1 is 0.400 bits per heavy atom. The van der Waals surface area contributed by atoms with Crippen molar-refractivity contribution in [1.82, 2.24) is 0 Å². The summed E-state index contributed by atoms with van der Waals surface area (Å²) in [5.74, 6) is 0.513. The Hall–Kier alpha value is -1.04. The predicted molar refractivity (Wildman–Crippen MR) is 208 cm³/mol. The fraction of sp³-hybridized carbons (Fsp3) is 0.822. The second-order valence-corrected chi connectivity index (χ2v) is 14.1. The molecule has 0 saturated carbocycles. The number of rotatable bonds is 36. The van der Waals surface area contributed by atoms with Crippen molar-refractivity contribution in [2.24, 2.45) is 5.92 Å². The Kier molecular flexibility index (Phi) is 38.2. The van der Waals surface area contributed by atoms with E-state index in [1.165, 1.54) is 211 Å². The summed E-state index contributed by atoms with van der Waals surface area (Å²) in [4.78, 5) is 0. The third-order valence-corrected chi connectivity index (χ3v) is 9.47. The monoisotopic (exact) mass is 624 g/mol. The van der Waals surface area contributed by atoms with Crippen LogP contribution in [-0.4, -0.2) is 0 Å². The van der Waals surface area contributed by atoms with Gasteiger partial charge in [0.05, 0.1) is 0 Å². The van der Waals surface area contributed by atoms with Crippen LogP contribution in [0.15, 0.2) is 42.0 Å². The molecule has 0 fully saturated rings. The SMILES string of the molecule is CCCCCCCC/C=C/[C]=C(/C=C/CCCCCCCC)C(/C=C/CCCCCCCC)CCCCCCCCCCCC. The summed E-state index contributed by atoms with van der Waals surface area (Å²) in [6.45, 7) is 9.24. The van der Waals surface area contributed by atoms with Crippen molar-refractivity contribution in [3.63, 3.8) is 0 Å². The van der Waals surface area contributed by atoms with Gasteiger partial charge in [-0.15, -0.1) is 0 Å². The lowest BCUT2D eigenvalue weighted by Crippen LogP contribution is -2.00. The number of hydrogen-bond donors (Lipinski definition) is 0. The van der Waals surface area contributed by atoms with Gasteiger partial charge in [0.1, 0.15) is 0 Å². The van der Waals surface area contributed by atoms with E-state index in [9.17, 15) is 0 Å². The first-order valence-electron chi connectivity index (χ1n) is 20.9. The van der Waals surface area contributed by atoms with E-state index in [-0.39, 0.29) is 0 Å². The molecule has 1 unspecified atom stereocenters. The van der Waals surface area contributed by atoms with Crippen molar-refractivity contribution < 1.29 is 0 Å². The first kappa shape index (κ1) is 44.0. The molecule has 0 saturated heterocycles. The molecule has 0 aliphatic rings. The van der Waals surface area contributed by atoms with E-state index in [0.29, 0.717) is 5.92 Å². The number of hydrogen-bond acceptors (Lipinski definition) is 0. The van der Waals surface area contributed by atoms with Gasteiger partial charge >= 0.3 is 0 Å². The van der Waals surface area contributed by atoms with Gasteiger partial charge in [-0.3, -0.25) is 0 Å². The Morgan fingerprint density at radius 3 is 1.20 bits per heavy atom. The minimum absolute atomic E-state index is 0.513. The standard InChI is InChI=1S/C45H83/c1-5-9-13-17-21-25-27-31-35-39-43-45(41-37-33-29-24-20-16-12-8-4)44(40-36-32-28-23-19-15-11-7-3)42-38-34-30-26-22-18-14-10-6-2/h34,36-38,40-41,45H,5-33,35,39,43H2,1-4H3/b38-34+,40-36+,41-37+,44-42?. The topological polar surface area (TPSA) is 0 Å². The third kappa shape index (κ3) is 34.1. The van der Waals surface area contributed by atoms with E-state index < -0.39 is 0 Å². The van der Waals surface area contributed by atoms with Crippen LogP contribution in [0.25, 0.3) is 0 Å². The smallest absolute Gasteiger partial charge is 0.00240 e. The minimum Gasteiger partial charge on any atom is -0.0879 e. The second kappa shape index (κ2) is 39.1. The van der Waals surface area contributed by atoms with Crippen LogP contribution in [0.1, 0.15) is 233 Å². The number of unbranched alkanes of at least 4 members (excludes halogenated alkanes) is 27. The van der Waals surface area contributed by atoms with Crippen LogP contribution in [0.3, 0.4) is 0 Å². The first-order valence-corrected chi connectivity index (χ1v) is 20.9. The van der Waals surface area contributed by atoms with E-state index in [1.54, 1.807) is 0 Å². The van der Waals surface area contributed by atoms with Crippen LogP contribution in [0.2, 0.25) is 0 Å². The maximum Gasteiger partial charge on any atom is 0.00240 e. The van der Waals surface area contributed by atoms with Gasteiger partial charge in [0.2, 0.25) is 0 Å². The van der Waals surface area contributed by atoms with Crippen molar-refractivity contribution >= 4 is 0 Å². The highest BCUT2D eigenvalue weighted by atomic mass is 14.1. The van der Waals surface area contributed by atoms with Crippen LogP contribution < -0.4 is 0 Å². The maximum atomic E-state index is 3.81. The Balaban J connectivity index is 5.13. The average Bonchev–Trinajstić information content (AvgIpc) is 3.05. The molecule has 0 rings (SSSR count). The van der Waals surface area contributed by atoms with E-state index in [4.69, 9.17) is 0 Å². The summed E-state index contributed by atoms with van der Waals surface area (Å²) in [6.07, 6.45) is 62.3. The average molecular weight is 624 g/mol. The summed E-state index contributed by atoms with van der Waals surface area (Å²) < 4.78 is 0. The summed E-state index contributed by atoms with van der Waals surface area (Å²) in [5.41, 5.74) is 1.43. The van der Waals surface area contributed by atoms with E-state index in [1.807, 2.05) is 0 Å². The molecule has 0 nitrogen and oxygen atoms in total. The summed E-state index contributed by atoms with van der Waals surface area (Å²) in [7, 11) is 0. The van der Waals surface area contributed by atoms with Crippen LogP contribution in [0, 0.1) is 12.0 Å². The molecule has 0 amide bonds. The molecule has 1 atom stereocenters. The lowest BCUT2D eigenvalue weighted by Gasteiger charge is -2.15. The van der Waals surface area contributed by atoms with E-state index in [2.05, 4.69) is 70.2 Å². The van der Waals surface area contributed by atoms with Gasteiger partial charge in [-0.1, -0.05) is 225 Å². The molecule has 0 aromatic heterocycles. The molecular formula is C45H83. The molecule has 0 bridgehead atoms. The van der Waals surface area contributed by atoms with Crippen molar-refractivity contribution in [2.45, 2.75) is 233 Å².